The lowest BCUT2D eigenvalue weighted by molar-refractivity contribution is 0.0509. The number of nitrogens with zero attached hydrogens (tertiary/aromatic N) is 4. The number of hydrogen-bond acceptors (Lipinski definition) is 5. The molecule has 2 aliphatic rings. The average Bonchev–Trinajstić information content (AvgIpc) is 3.13. The summed E-state index contributed by atoms with van der Waals surface area (Å²) < 4.78 is 33.8. The molecule has 4 rings (SSSR count). The van der Waals surface area contributed by atoms with Crippen molar-refractivity contribution in [3.63, 3.8) is 0 Å². The maximum atomic E-state index is 13.5. The van der Waals surface area contributed by atoms with Gasteiger partial charge in [0.1, 0.15) is 11.5 Å². The predicted octanol–water partition coefficient (Wildman–Crippen LogP) is 3.89. The zero-order valence-electron chi connectivity index (χ0n) is 17.9. The highest BCUT2D eigenvalue weighted by Gasteiger charge is 2.71. The van der Waals surface area contributed by atoms with Gasteiger partial charge in [-0.2, -0.15) is 5.10 Å². The minimum absolute atomic E-state index is 0.0315. The Balaban J connectivity index is 1.54. The molecular formula is C22H28F2N4O2. The molecule has 162 valence electrons. The van der Waals surface area contributed by atoms with Crippen molar-refractivity contribution in [1.29, 1.82) is 0 Å². The normalized spacial score (nSPS) is 21.8. The molecule has 0 N–H and O–H groups in total. The van der Waals surface area contributed by atoms with Gasteiger partial charge in [0.15, 0.2) is 0 Å². The largest absolute Gasteiger partial charge is 0.461 e. The Kier molecular flexibility index (Phi) is 5.28. The zero-order valence-corrected chi connectivity index (χ0v) is 17.9. The molecule has 3 heterocycles. The molecular weight excluding hydrogens is 390 g/mol. The molecule has 2 aromatic heterocycles. The highest BCUT2D eigenvalue weighted by Crippen LogP contribution is 2.59. The topological polar surface area (TPSA) is 60.2 Å². The second kappa shape index (κ2) is 7.63. The van der Waals surface area contributed by atoms with Crippen molar-refractivity contribution in [3.05, 3.63) is 40.8 Å². The van der Waals surface area contributed by atoms with Gasteiger partial charge in [-0.1, -0.05) is 13.0 Å². The summed E-state index contributed by atoms with van der Waals surface area (Å²) >= 11 is 0. The van der Waals surface area contributed by atoms with Gasteiger partial charge in [-0.25, -0.2) is 18.6 Å². The summed E-state index contributed by atoms with van der Waals surface area (Å²) in [6.45, 7) is 8.80. The number of alkyl halides is 2. The van der Waals surface area contributed by atoms with Gasteiger partial charge in [-0.05, 0) is 44.9 Å². The first-order valence-corrected chi connectivity index (χ1v) is 10.6. The van der Waals surface area contributed by atoms with Crippen molar-refractivity contribution in [2.24, 2.45) is 11.8 Å². The maximum Gasteiger partial charge on any atom is 0.356 e. The molecule has 0 amide bonds. The van der Waals surface area contributed by atoms with Crippen LogP contribution in [0.4, 0.5) is 14.6 Å². The third-order valence-electron chi connectivity index (χ3n) is 6.04. The first-order chi connectivity index (χ1) is 14.3. The Morgan fingerprint density at radius 2 is 1.97 bits per heavy atom. The second-order valence-electron chi connectivity index (χ2n) is 8.38. The molecule has 0 spiro atoms. The van der Waals surface area contributed by atoms with E-state index in [0.717, 1.165) is 29.2 Å². The van der Waals surface area contributed by atoms with E-state index in [1.165, 1.54) is 0 Å². The Bertz CT molecular complexity index is 943. The summed E-state index contributed by atoms with van der Waals surface area (Å²) in [5, 5.41) is 4.61. The number of esters is 1. The lowest BCUT2D eigenvalue weighted by atomic mass is 10.1. The minimum atomic E-state index is -2.49. The molecule has 1 aliphatic heterocycles. The van der Waals surface area contributed by atoms with E-state index >= 15 is 0 Å². The molecule has 2 aromatic rings. The van der Waals surface area contributed by atoms with E-state index in [-0.39, 0.29) is 12.0 Å². The lowest BCUT2D eigenvalue weighted by Crippen LogP contribution is -2.28. The summed E-state index contributed by atoms with van der Waals surface area (Å²) in [4.78, 5) is 19.0. The fraction of sp³-hybridized carbons (Fsp3) is 0.591. The number of halogens is 2. The van der Waals surface area contributed by atoms with Gasteiger partial charge < -0.3 is 9.64 Å². The number of fused-ring (bicyclic) bond motifs is 1. The molecule has 2 atom stereocenters. The fourth-order valence-electron chi connectivity index (χ4n) is 4.33. The van der Waals surface area contributed by atoms with Crippen molar-refractivity contribution < 1.29 is 18.3 Å². The molecule has 2 fully saturated rings. The van der Waals surface area contributed by atoms with Crippen molar-refractivity contribution in [2.45, 2.75) is 52.5 Å². The zero-order chi connectivity index (χ0) is 21.6. The first-order valence-electron chi connectivity index (χ1n) is 10.6. The van der Waals surface area contributed by atoms with Gasteiger partial charge in [0.05, 0.1) is 24.1 Å². The molecule has 0 aromatic carbocycles. The van der Waals surface area contributed by atoms with Gasteiger partial charge in [0.2, 0.25) is 0 Å². The van der Waals surface area contributed by atoms with Crippen LogP contribution in [-0.4, -0.2) is 46.4 Å². The quantitative estimate of drug-likeness (QED) is 0.639. The summed E-state index contributed by atoms with van der Waals surface area (Å²) in [6.07, 6.45) is 1.28. The van der Waals surface area contributed by atoms with Crippen LogP contribution >= 0.6 is 0 Å². The summed E-state index contributed by atoms with van der Waals surface area (Å²) in [7, 11) is 0. The number of ether oxygens (including phenoxy) is 1. The predicted molar refractivity (Wildman–Crippen MR) is 109 cm³/mol. The average molecular weight is 418 g/mol. The van der Waals surface area contributed by atoms with Crippen LogP contribution in [0.3, 0.4) is 0 Å². The van der Waals surface area contributed by atoms with Crippen molar-refractivity contribution in [1.82, 2.24) is 14.8 Å². The van der Waals surface area contributed by atoms with Crippen LogP contribution in [0.15, 0.2) is 18.2 Å². The second-order valence-corrected chi connectivity index (χ2v) is 8.38. The maximum absolute atomic E-state index is 13.5. The van der Waals surface area contributed by atoms with E-state index in [4.69, 9.17) is 9.72 Å². The van der Waals surface area contributed by atoms with E-state index in [2.05, 4.69) is 5.10 Å². The third-order valence-corrected chi connectivity index (χ3v) is 6.04. The number of anilines is 1. The molecule has 0 radical (unpaired) electrons. The van der Waals surface area contributed by atoms with Gasteiger partial charge in [-0.3, -0.25) is 4.68 Å². The Morgan fingerprint density at radius 1 is 1.27 bits per heavy atom. The smallest absolute Gasteiger partial charge is 0.356 e. The Labute approximate surface area is 175 Å². The highest BCUT2D eigenvalue weighted by atomic mass is 19.3. The standard InChI is InChI=1S/C22H28F2N4O2/c1-5-18-14(7-8-20(25-18)27-11-16-17(12-27)22(16,23)24)9-15-10-19(21(29)30-6-2)28(26-15)13(3)4/h7-8,10,13,16-17H,5-6,9,11-12H2,1-4H3. The number of piperidine rings is 1. The molecule has 1 saturated carbocycles. The monoisotopic (exact) mass is 418 g/mol. The van der Waals surface area contributed by atoms with Crippen molar-refractivity contribution >= 4 is 11.8 Å². The molecule has 2 unspecified atom stereocenters. The van der Waals surface area contributed by atoms with E-state index in [9.17, 15) is 13.6 Å². The molecule has 0 bridgehead atoms. The summed E-state index contributed by atoms with van der Waals surface area (Å²) in [6, 6.07) is 5.72. The van der Waals surface area contributed by atoms with Crippen LogP contribution < -0.4 is 4.90 Å². The van der Waals surface area contributed by atoms with Crippen LogP contribution in [0.25, 0.3) is 0 Å². The number of hydrogen-bond donors (Lipinski definition) is 0. The molecule has 30 heavy (non-hydrogen) atoms. The van der Waals surface area contributed by atoms with E-state index < -0.39 is 17.8 Å². The van der Waals surface area contributed by atoms with E-state index in [1.54, 1.807) is 17.7 Å². The number of carbonyl (C=O) groups is 1. The lowest BCUT2D eigenvalue weighted by Gasteiger charge is -2.22. The van der Waals surface area contributed by atoms with Crippen molar-refractivity contribution in [2.75, 3.05) is 24.6 Å². The van der Waals surface area contributed by atoms with Gasteiger partial charge in [0.25, 0.3) is 5.92 Å². The minimum Gasteiger partial charge on any atom is -0.461 e. The molecule has 1 aliphatic carbocycles. The van der Waals surface area contributed by atoms with Crippen LogP contribution in [0.1, 0.15) is 61.2 Å². The Morgan fingerprint density at radius 3 is 2.57 bits per heavy atom. The number of pyridine rings is 1. The van der Waals surface area contributed by atoms with Crippen LogP contribution in [0.2, 0.25) is 0 Å². The van der Waals surface area contributed by atoms with Crippen LogP contribution in [-0.2, 0) is 17.6 Å². The third kappa shape index (κ3) is 3.56. The number of aryl methyl sites for hydroxylation is 1. The Hall–Kier alpha value is -2.51. The first kappa shape index (κ1) is 20.8. The van der Waals surface area contributed by atoms with Gasteiger partial charge >= 0.3 is 5.97 Å². The van der Waals surface area contributed by atoms with Gasteiger partial charge in [0, 0.05) is 31.2 Å². The SMILES string of the molecule is CCOC(=O)c1cc(Cc2ccc(N3CC4C(C3)C4(F)F)nc2CC)nn1C(C)C. The van der Waals surface area contributed by atoms with E-state index in [0.29, 0.717) is 31.8 Å². The number of aromatic nitrogens is 3. The van der Waals surface area contributed by atoms with Crippen LogP contribution in [0.5, 0.6) is 0 Å². The fourth-order valence-corrected chi connectivity index (χ4v) is 4.33. The van der Waals surface area contributed by atoms with Crippen molar-refractivity contribution in [3.8, 4) is 0 Å². The highest BCUT2D eigenvalue weighted by molar-refractivity contribution is 5.87. The molecule has 1 saturated heterocycles. The number of rotatable bonds is 7. The summed E-state index contributed by atoms with van der Waals surface area (Å²) in [5.41, 5.74) is 3.18. The molecule has 6 nitrogen and oxygen atoms in total. The van der Waals surface area contributed by atoms with Crippen LogP contribution in [0, 0.1) is 11.8 Å². The molecule has 8 heteroatoms. The van der Waals surface area contributed by atoms with Gasteiger partial charge in [-0.15, -0.1) is 0 Å². The van der Waals surface area contributed by atoms with E-state index in [1.807, 2.05) is 37.8 Å². The summed E-state index contributed by atoms with van der Waals surface area (Å²) in [5.74, 6) is -3.15. The number of carbonyl (C=O) groups excluding carboxylic acids is 1.